The SMILES string of the molecule is O=c1[nH]c(CN2CCC[C@@H]2c2cccc(F)c2)nc2ccccc12. The molecule has 1 aliphatic heterocycles. The van der Waals surface area contributed by atoms with Gasteiger partial charge in [0.25, 0.3) is 5.56 Å². The van der Waals surface area contributed by atoms with Gasteiger partial charge in [-0.15, -0.1) is 0 Å². The molecule has 0 spiro atoms. The molecule has 122 valence electrons. The van der Waals surface area contributed by atoms with Gasteiger partial charge in [-0.3, -0.25) is 9.69 Å². The summed E-state index contributed by atoms with van der Waals surface area (Å²) in [5.41, 5.74) is 1.57. The van der Waals surface area contributed by atoms with Gasteiger partial charge < -0.3 is 4.98 Å². The molecule has 1 fully saturated rings. The van der Waals surface area contributed by atoms with E-state index in [9.17, 15) is 9.18 Å². The number of fused-ring (bicyclic) bond motifs is 1. The fourth-order valence-electron chi connectivity index (χ4n) is 3.51. The molecule has 0 unspecified atom stereocenters. The third kappa shape index (κ3) is 2.83. The molecule has 0 bridgehead atoms. The van der Waals surface area contributed by atoms with Crippen LogP contribution >= 0.6 is 0 Å². The van der Waals surface area contributed by atoms with Crippen molar-refractivity contribution in [1.29, 1.82) is 0 Å². The van der Waals surface area contributed by atoms with E-state index in [4.69, 9.17) is 0 Å². The molecule has 1 atom stereocenters. The number of hydrogen-bond donors (Lipinski definition) is 1. The summed E-state index contributed by atoms with van der Waals surface area (Å²) in [6, 6.07) is 14.3. The Morgan fingerprint density at radius 1 is 1.21 bits per heavy atom. The Kier molecular flexibility index (Phi) is 3.86. The van der Waals surface area contributed by atoms with Gasteiger partial charge in [0.1, 0.15) is 11.6 Å². The molecule has 0 radical (unpaired) electrons. The number of hydrogen-bond acceptors (Lipinski definition) is 3. The van der Waals surface area contributed by atoms with Crippen LogP contribution in [0.25, 0.3) is 10.9 Å². The van der Waals surface area contributed by atoms with Crippen LogP contribution < -0.4 is 5.56 Å². The Bertz CT molecular complexity index is 937. The van der Waals surface area contributed by atoms with Crippen molar-refractivity contribution < 1.29 is 4.39 Å². The van der Waals surface area contributed by atoms with E-state index in [0.717, 1.165) is 24.9 Å². The first kappa shape index (κ1) is 15.0. The van der Waals surface area contributed by atoms with Crippen LogP contribution in [0, 0.1) is 5.82 Å². The summed E-state index contributed by atoms with van der Waals surface area (Å²) >= 11 is 0. The minimum Gasteiger partial charge on any atom is -0.309 e. The fourth-order valence-corrected chi connectivity index (χ4v) is 3.51. The number of rotatable bonds is 3. The topological polar surface area (TPSA) is 49.0 Å². The lowest BCUT2D eigenvalue weighted by Gasteiger charge is -2.24. The number of likely N-dealkylation sites (tertiary alicyclic amines) is 1. The lowest BCUT2D eigenvalue weighted by atomic mass is 10.0. The van der Waals surface area contributed by atoms with Crippen molar-refractivity contribution in [3.8, 4) is 0 Å². The standard InChI is InChI=1S/C19H18FN3O/c20-14-6-3-5-13(11-14)17-9-4-10-23(17)12-18-21-16-8-2-1-7-15(16)19(24)22-18/h1-3,5-8,11,17H,4,9-10,12H2,(H,21,22,24)/t17-/m1/s1. The van der Waals surface area contributed by atoms with E-state index in [1.54, 1.807) is 18.2 Å². The van der Waals surface area contributed by atoms with Crippen molar-refractivity contribution in [1.82, 2.24) is 14.9 Å². The maximum Gasteiger partial charge on any atom is 0.258 e. The number of H-pyrrole nitrogens is 1. The van der Waals surface area contributed by atoms with Crippen LogP contribution in [0.2, 0.25) is 0 Å². The van der Waals surface area contributed by atoms with Crippen LogP contribution in [0.1, 0.15) is 30.3 Å². The summed E-state index contributed by atoms with van der Waals surface area (Å²) in [6.07, 6.45) is 2.04. The van der Waals surface area contributed by atoms with Crippen LogP contribution in [-0.2, 0) is 6.54 Å². The van der Waals surface area contributed by atoms with Gasteiger partial charge in [-0.1, -0.05) is 24.3 Å². The molecule has 2 heterocycles. The molecule has 4 nitrogen and oxygen atoms in total. The van der Waals surface area contributed by atoms with Gasteiger partial charge >= 0.3 is 0 Å². The maximum atomic E-state index is 13.5. The Morgan fingerprint density at radius 3 is 2.96 bits per heavy atom. The highest BCUT2D eigenvalue weighted by Crippen LogP contribution is 2.32. The number of aromatic nitrogens is 2. The van der Waals surface area contributed by atoms with Crippen LogP contribution in [0.5, 0.6) is 0 Å². The monoisotopic (exact) mass is 323 g/mol. The smallest absolute Gasteiger partial charge is 0.258 e. The summed E-state index contributed by atoms with van der Waals surface area (Å²) in [5, 5.41) is 0.601. The van der Waals surface area contributed by atoms with Crippen LogP contribution in [0.15, 0.2) is 53.3 Å². The Hall–Kier alpha value is -2.53. The van der Waals surface area contributed by atoms with E-state index in [2.05, 4.69) is 14.9 Å². The Morgan fingerprint density at radius 2 is 2.08 bits per heavy atom. The first-order valence-electron chi connectivity index (χ1n) is 8.18. The van der Waals surface area contributed by atoms with E-state index >= 15 is 0 Å². The highest BCUT2D eigenvalue weighted by molar-refractivity contribution is 5.77. The van der Waals surface area contributed by atoms with Gasteiger partial charge in [-0.2, -0.15) is 0 Å². The van der Waals surface area contributed by atoms with Crippen molar-refractivity contribution in [3.05, 3.63) is 76.1 Å². The van der Waals surface area contributed by atoms with Crippen LogP contribution in [0.3, 0.4) is 0 Å². The molecule has 0 amide bonds. The van der Waals surface area contributed by atoms with Crippen molar-refractivity contribution in [3.63, 3.8) is 0 Å². The highest BCUT2D eigenvalue weighted by Gasteiger charge is 2.26. The minimum absolute atomic E-state index is 0.114. The second kappa shape index (κ2) is 6.17. The normalized spacial score (nSPS) is 18.3. The first-order chi connectivity index (χ1) is 11.7. The molecule has 2 aromatic carbocycles. The lowest BCUT2D eigenvalue weighted by Crippen LogP contribution is -2.25. The minimum atomic E-state index is -0.211. The molecule has 0 saturated carbocycles. The molecule has 5 heteroatoms. The number of benzene rings is 2. The van der Waals surface area contributed by atoms with E-state index in [0.29, 0.717) is 23.3 Å². The maximum absolute atomic E-state index is 13.5. The molecule has 1 N–H and O–H groups in total. The third-order valence-electron chi connectivity index (χ3n) is 4.61. The number of halogens is 1. The predicted molar refractivity (Wildman–Crippen MR) is 91.1 cm³/mol. The molecule has 3 aromatic rings. The zero-order chi connectivity index (χ0) is 16.5. The van der Waals surface area contributed by atoms with Crippen molar-refractivity contribution in [2.45, 2.75) is 25.4 Å². The average Bonchev–Trinajstić information content (AvgIpc) is 3.03. The largest absolute Gasteiger partial charge is 0.309 e. The summed E-state index contributed by atoms with van der Waals surface area (Å²) < 4.78 is 13.5. The molecule has 24 heavy (non-hydrogen) atoms. The zero-order valence-corrected chi connectivity index (χ0v) is 13.2. The molecular formula is C19H18FN3O. The van der Waals surface area contributed by atoms with E-state index in [-0.39, 0.29) is 17.4 Å². The Labute approximate surface area is 139 Å². The number of aromatic amines is 1. The van der Waals surface area contributed by atoms with Gasteiger partial charge in [0.2, 0.25) is 0 Å². The average molecular weight is 323 g/mol. The fraction of sp³-hybridized carbons (Fsp3) is 0.263. The first-order valence-corrected chi connectivity index (χ1v) is 8.18. The van der Waals surface area contributed by atoms with E-state index < -0.39 is 0 Å². The number of nitrogens with zero attached hydrogens (tertiary/aromatic N) is 2. The van der Waals surface area contributed by atoms with Gasteiger partial charge in [-0.05, 0) is 49.2 Å². The lowest BCUT2D eigenvalue weighted by molar-refractivity contribution is 0.242. The zero-order valence-electron chi connectivity index (χ0n) is 13.2. The summed E-state index contributed by atoms with van der Waals surface area (Å²) in [6.45, 7) is 1.47. The second-order valence-corrected chi connectivity index (χ2v) is 6.21. The number of para-hydroxylation sites is 1. The van der Waals surface area contributed by atoms with Crippen molar-refractivity contribution >= 4 is 10.9 Å². The van der Waals surface area contributed by atoms with Gasteiger partial charge in [0.15, 0.2) is 0 Å². The van der Waals surface area contributed by atoms with Crippen LogP contribution in [0.4, 0.5) is 4.39 Å². The predicted octanol–water partition coefficient (Wildman–Crippen LogP) is 3.40. The van der Waals surface area contributed by atoms with Crippen molar-refractivity contribution in [2.75, 3.05) is 6.54 Å². The highest BCUT2D eigenvalue weighted by atomic mass is 19.1. The molecule has 1 aromatic heterocycles. The summed E-state index contributed by atoms with van der Waals surface area (Å²) in [4.78, 5) is 21.9. The summed E-state index contributed by atoms with van der Waals surface area (Å²) in [7, 11) is 0. The quantitative estimate of drug-likeness (QED) is 0.804. The molecule has 0 aliphatic carbocycles. The Balaban J connectivity index is 1.63. The van der Waals surface area contributed by atoms with Crippen molar-refractivity contribution in [2.24, 2.45) is 0 Å². The van der Waals surface area contributed by atoms with Crippen LogP contribution in [-0.4, -0.2) is 21.4 Å². The number of nitrogens with one attached hydrogen (secondary N) is 1. The van der Waals surface area contributed by atoms with E-state index in [1.807, 2.05) is 24.3 Å². The molecule has 1 saturated heterocycles. The second-order valence-electron chi connectivity index (χ2n) is 6.21. The van der Waals surface area contributed by atoms with E-state index in [1.165, 1.54) is 6.07 Å². The van der Waals surface area contributed by atoms with Gasteiger partial charge in [0, 0.05) is 6.04 Å². The third-order valence-corrected chi connectivity index (χ3v) is 4.61. The molecule has 4 rings (SSSR count). The van der Waals surface area contributed by atoms with Gasteiger partial charge in [-0.25, -0.2) is 9.37 Å². The summed E-state index contributed by atoms with van der Waals surface area (Å²) in [5.74, 6) is 0.443. The molecular weight excluding hydrogens is 305 g/mol. The van der Waals surface area contributed by atoms with Gasteiger partial charge in [0.05, 0.1) is 17.4 Å². The molecule has 1 aliphatic rings.